The number of carbonyl (C=O) groups excluding carboxylic acids is 1. The topological polar surface area (TPSA) is 29.1 Å². The standard InChI is InChI=1S/C14H9BrF3NO/c15-10-4-2-1-3-8(10)7-19-14(20)9-5-11(16)13(18)12(17)6-9/h1-6H,7H2,(H,19,20). The quantitative estimate of drug-likeness (QED) is 0.844. The van der Waals surface area contributed by atoms with Gasteiger partial charge in [0.1, 0.15) is 0 Å². The fourth-order valence-corrected chi connectivity index (χ4v) is 2.03. The van der Waals surface area contributed by atoms with Gasteiger partial charge in [-0.1, -0.05) is 34.1 Å². The molecule has 2 nitrogen and oxygen atoms in total. The van der Waals surface area contributed by atoms with E-state index in [0.717, 1.165) is 10.0 Å². The molecule has 1 amide bonds. The second kappa shape index (κ2) is 6.09. The number of hydrogen-bond donors (Lipinski definition) is 1. The number of halogens is 4. The maximum atomic E-state index is 13.0. The second-order valence-corrected chi connectivity index (χ2v) is 4.88. The van der Waals surface area contributed by atoms with Crippen LogP contribution in [-0.2, 0) is 6.54 Å². The number of amides is 1. The summed E-state index contributed by atoms with van der Waals surface area (Å²) in [4.78, 5) is 11.8. The minimum absolute atomic E-state index is 0.181. The molecule has 20 heavy (non-hydrogen) atoms. The Balaban J connectivity index is 2.11. The molecular formula is C14H9BrF3NO. The molecule has 6 heteroatoms. The fourth-order valence-electron chi connectivity index (χ4n) is 1.61. The lowest BCUT2D eigenvalue weighted by Crippen LogP contribution is -2.23. The summed E-state index contributed by atoms with van der Waals surface area (Å²) in [6, 6.07) is 8.53. The molecule has 0 atom stereocenters. The number of nitrogens with one attached hydrogen (secondary N) is 1. The zero-order valence-electron chi connectivity index (χ0n) is 10.1. The van der Waals surface area contributed by atoms with E-state index in [9.17, 15) is 18.0 Å². The van der Waals surface area contributed by atoms with Gasteiger partial charge in [0.05, 0.1) is 0 Å². The van der Waals surface area contributed by atoms with Gasteiger partial charge in [0.25, 0.3) is 5.91 Å². The fraction of sp³-hybridized carbons (Fsp3) is 0.0714. The summed E-state index contributed by atoms with van der Waals surface area (Å²) in [7, 11) is 0. The maximum absolute atomic E-state index is 13.0. The van der Waals surface area contributed by atoms with Crippen LogP contribution in [0, 0.1) is 17.5 Å². The van der Waals surface area contributed by atoms with Crippen LogP contribution in [0.4, 0.5) is 13.2 Å². The molecule has 104 valence electrons. The van der Waals surface area contributed by atoms with E-state index in [-0.39, 0.29) is 12.1 Å². The molecule has 0 fully saturated rings. The van der Waals surface area contributed by atoms with Crippen molar-refractivity contribution in [3.63, 3.8) is 0 Å². The summed E-state index contributed by atoms with van der Waals surface area (Å²) in [5, 5.41) is 2.51. The highest BCUT2D eigenvalue weighted by Gasteiger charge is 2.15. The van der Waals surface area contributed by atoms with Crippen molar-refractivity contribution in [2.24, 2.45) is 0 Å². The summed E-state index contributed by atoms with van der Waals surface area (Å²) >= 11 is 3.31. The predicted octanol–water partition coefficient (Wildman–Crippen LogP) is 3.80. The molecule has 0 heterocycles. The monoisotopic (exact) mass is 343 g/mol. The van der Waals surface area contributed by atoms with Crippen LogP contribution >= 0.6 is 15.9 Å². The average molecular weight is 344 g/mol. The lowest BCUT2D eigenvalue weighted by Gasteiger charge is -2.07. The molecule has 0 unspecified atom stereocenters. The Hall–Kier alpha value is -1.82. The first-order valence-electron chi connectivity index (χ1n) is 5.65. The average Bonchev–Trinajstić information content (AvgIpc) is 2.43. The zero-order valence-corrected chi connectivity index (χ0v) is 11.7. The van der Waals surface area contributed by atoms with Crippen LogP contribution < -0.4 is 5.32 Å². The Kier molecular flexibility index (Phi) is 4.44. The Morgan fingerprint density at radius 2 is 1.70 bits per heavy atom. The van der Waals surface area contributed by atoms with Crippen LogP contribution in [0.15, 0.2) is 40.9 Å². The summed E-state index contributed by atoms with van der Waals surface area (Å²) in [5.41, 5.74) is 0.539. The van der Waals surface area contributed by atoms with Gasteiger partial charge in [-0.15, -0.1) is 0 Å². The second-order valence-electron chi connectivity index (χ2n) is 4.03. The van der Waals surface area contributed by atoms with Gasteiger partial charge in [-0.05, 0) is 23.8 Å². The summed E-state index contributed by atoms with van der Waals surface area (Å²) in [6.07, 6.45) is 0. The van der Waals surface area contributed by atoms with E-state index in [1.54, 1.807) is 18.2 Å². The van der Waals surface area contributed by atoms with E-state index in [2.05, 4.69) is 21.2 Å². The van der Waals surface area contributed by atoms with Crippen molar-refractivity contribution in [3.05, 3.63) is 69.4 Å². The molecule has 0 saturated heterocycles. The predicted molar refractivity (Wildman–Crippen MR) is 71.6 cm³/mol. The van der Waals surface area contributed by atoms with Gasteiger partial charge in [-0.2, -0.15) is 0 Å². The van der Waals surface area contributed by atoms with Gasteiger partial charge in [0, 0.05) is 16.6 Å². The molecule has 0 saturated carbocycles. The van der Waals surface area contributed by atoms with E-state index in [1.165, 1.54) is 0 Å². The number of rotatable bonds is 3. The summed E-state index contributed by atoms with van der Waals surface area (Å²) in [6.45, 7) is 0.181. The summed E-state index contributed by atoms with van der Waals surface area (Å²) < 4.78 is 39.6. The van der Waals surface area contributed by atoms with Gasteiger partial charge in [-0.3, -0.25) is 4.79 Å². The zero-order chi connectivity index (χ0) is 14.7. The highest BCUT2D eigenvalue weighted by Crippen LogP contribution is 2.16. The third-order valence-corrected chi connectivity index (χ3v) is 3.42. The van der Waals surface area contributed by atoms with Crippen molar-refractivity contribution in [3.8, 4) is 0 Å². The molecule has 0 aliphatic carbocycles. The highest BCUT2D eigenvalue weighted by atomic mass is 79.9. The SMILES string of the molecule is O=C(NCc1ccccc1Br)c1cc(F)c(F)c(F)c1. The van der Waals surface area contributed by atoms with Crippen molar-refractivity contribution < 1.29 is 18.0 Å². The first-order chi connectivity index (χ1) is 9.49. The lowest BCUT2D eigenvalue weighted by molar-refractivity contribution is 0.0949. The van der Waals surface area contributed by atoms with Crippen molar-refractivity contribution in [2.45, 2.75) is 6.54 Å². The van der Waals surface area contributed by atoms with Gasteiger partial charge >= 0.3 is 0 Å². The van der Waals surface area contributed by atoms with Crippen molar-refractivity contribution in [1.82, 2.24) is 5.32 Å². The number of carbonyl (C=O) groups is 1. The molecule has 2 aromatic carbocycles. The molecular weight excluding hydrogens is 335 g/mol. The van der Waals surface area contributed by atoms with Crippen LogP contribution in [0.2, 0.25) is 0 Å². The Morgan fingerprint density at radius 1 is 1.10 bits per heavy atom. The highest BCUT2D eigenvalue weighted by molar-refractivity contribution is 9.10. The molecule has 0 aliphatic rings. The molecule has 1 N–H and O–H groups in total. The molecule has 0 spiro atoms. The molecule has 0 aromatic heterocycles. The van der Waals surface area contributed by atoms with Gasteiger partial charge in [-0.25, -0.2) is 13.2 Å². The third-order valence-electron chi connectivity index (χ3n) is 2.64. The van der Waals surface area contributed by atoms with Crippen LogP contribution in [0.3, 0.4) is 0 Å². The summed E-state index contributed by atoms with van der Waals surface area (Å²) in [5.74, 6) is -5.06. The van der Waals surface area contributed by atoms with Crippen LogP contribution in [0.25, 0.3) is 0 Å². The normalized spacial score (nSPS) is 10.4. The van der Waals surface area contributed by atoms with Crippen LogP contribution in [0.5, 0.6) is 0 Å². The van der Waals surface area contributed by atoms with Crippen molar-refractivity contribution in [2.75, 3.05) is 0 Å². The van der Waals surface area contributed by atoms with Crippen LogP contribution in [-0.4, -0.2) is 5.91 Å². The van der Waals surface area contributed by atoms with Crippen molar-refractivity contribution in [1.29, 1.82) is 0 Å². The molecule has 0 radical (unpaired) electrons. The molecule has 0 bridgehead atoms. The Labute approximate surface area is 121 Å². The Bertz CT molecular complexity index is 638. The maximum Gasteiger partial charge on any atom is 0.251 e. The number of benzene rings is 2. The van der Waals surface area contributed by atoms with E-state index >= 15 is 0 Å². The van der Waals surface area contributed by atoms with E-state index < -0.39 is 23.4 Å². The number of hydrogen-bond acceptors (Lipinski definition) is 1. The molecule has 0 aliphatic heterocycles. The van der Waals surface area contributed by atoms with Gasteiger partial charge in [0.15, 0.2) is 17.5 Å². The van der Waals surface area contributed by atoms with Crippen LogP contribution in [0.1, 0.15) is 15.9 Å². The van der Waals surface area contributed by atoms with E-state index in [4.69, 9.17) is 0 Å². The first kappa shape index (κ1) is 14.6. The largest absolute Gasteiger partial charge is 0.348 e. The van der Waals surface area contributed by atoms with Gasteiger partial charge in [0.2, 0.25) is 0 Å². The third kappa shape index (κ3) is 3.19. The van der Waals surface area contributed by atoms with E-state index in [0.29, 0.717) is 12.1 Å². The van der Waals surface area contributed by atoms with Crippen molar-refractivity contribution >= 4 is 21.8 Å². The Morgan fingerprint density at radius 3 is 2.30 bits per heavy atom. The van der Waals surface area contributed by atoms with Gasteiger partial charge < -0.3 is 5.32 Å². The molecule has 2 aromatic rings. The minimum Gasteiger partial charge on any atom is -0.348 e. The smallest absolute Gasteiger partial charge is 0.251 e. The molecule has 2 rings (SSSR count). The first-order valence-corrected chi connectivity index (χ1v) is 6.44. The minimum atomic E-state index is -1.59. The lowest BCUT2D eigenvalue weighted by atomic mass is 10.1. The van der Waals surface area contributed by atoms with E-state index in [1.807, 2.05) is 6.07 Å².